The van der Waals surface area contributed by atoms with Crippen LogP contribution in [0.15, 0.2) is 36.4 Å². The predicted octanol–water partition coefficient (Wildman–Crippen LogP) is 4.89. The van der Waals surface area contributed by atoms with Crippen LogP contribution in [-0.2, 0) is 10.8 Å². The number of fused-ring (bicyclic) bond motifs is 1. The van der Waals surface area contributed by atoms with Crippen molar-refractivity contribution in [2.75, 3.05) is 5.32 Å². The van der Waals surface area contributed by atoms with Gasteiger partial charge in [-0.2, -0.15) is 5.21 Å². The van der Waals surface area contributed by atoms with Gasteiger partial charge in [-0.05, 0) is 69.3 Å². The Kier molecular flexibility index (Phi) is 4.80. The molecule has 1 amide bonds. The Morgan fingerprint density at radius 3 is 2.33 bits per heavy atom. The topological polar surface area (TPSA) is 83.6 Å². The molecule has 0 bridgehead atoms. The normalized spacial score (nSPS) is 16.6. The van der Waals surface area contributed by atoms with Gasteiger partial charge in [0.15, 0.2) is 0 Å². The first-order valence-electron chi connectivity index (χ1n) is 10.1. The van der Waals surface area contributed by atoms with E-state index in [2.05, 4.69) is 84.8 Å². The number of nitrogens with zero attached hydrogens (tertiary/aromatic N) is 3. The van der Waals surface area contributed by atoms with E-state index in [9.17, 15) is 4.79 Å². The number of aryl methyl sites for hydroxylation is 1. The van der Waals surface area contributed by atoms with Gasteiger partial charge in [0.1, 0.15) is 0 Å². The number of nitrogens with one attached hydrogen (secondary N) is 2. The summed E-state index contributed by atoms with van der Waals surface area (Å²) in [6.07, 6.45) is 5.41. The minimum absolute atomic E-state index is 0.155. The predicted molar refractivity (Wildman–Crippen MR) is 119 cm³/mol. The van der Waals surface area contributed by atoms with Crippen molar-refractivity contribution in [3.05, 3.63) is 69.8 Å². The molecule has 154 valence electrons. The number of tetrazole rings is 1. The molecule has 6 nitrogen and oxygen atoms in total. The molecule has 1 aromatic heterocycles. The third-order valence-corrected chi connectivity index (χ3v) is 5.95. The van der Waals surface area contributed by atoms with Crippen molar-refractivity contribution in [1.82, 2.24) is 20.6 Å². The standard InChI is InChI=1S/C24H27N5O/c1-15-12-19-20(24(4,5)14-23(19,2)3)13-18(15)11-8-16-6-9-17(10-7-16)21(30)25-22-26-28-29-27-22/h6-13H,14H2,1-5H3,(H2,25,26,27,28,29,30). The number of aromatic nitrogens is 4. The van der Waals surface area contributed by atoms with E-state index in [1.165, 1.54) is 22.3 Å². The quantitative estimate of drug-likeness (QED) is 0.610. The summed E-state index contributed by atoms with van der Waals surface area (Å²) >= 11 is 0. The molecule has 0 unspecified atom stereocenters. The number of rotatable bonds is 4. The molecule has 1 aliphatic carbocycles. The van der Waals surface area contributed by atoms with Crippen LogP contribution in [0.4, 0.5) is 5.95 Å². The van der Waals surface area contributed by atoms with Crippen LogP contribution in [0, 0.1) is 6.92 Å². The van der Waals surface area contributed by atoms with Gasteiger partial charge < -0.3 is 0 Å². The van der Waals surface area contributed by atoms with Crippen molar-refractivity contribution < 1.29 is 4.79 Å². The van der Waals surface area contributed by atoms with Crippen LogP contribution in [0.1, 0.15) is 72.3 Å². The van der Waals surface area contributed by atoms with Crippen LogP contribution < -0.4 is 5.32 Å². The second kappa shape index (κ2) is 7.20. The molecule has 0 spiro atoms. The zero-order chi connectivity index (χ0) is 21.5. The molecule has 3 aromatic rings. The van der Waals surface area contributed by atoms with Gasteiger partial charge in [0.2, 0.25) is 0 Å². The number of aromatic amines is 1. The smallest absolute Gasteiger partial charge is 0.270 e. The SMILES string of the molecule is Cc1cc2c(cc1C=Cc1ccc(C(=O)Nc3nn[nH]n3)cc1)C(C)(C)CC2(C)C. The summed E-state index contributed by atoms with van der Waals surface area (Å²) in [5.41, 5.74) is 7.41. The van der Waals surface area contributed by atoms with Crippen LogP contribution in [0.5, 0.6) is 0 Å². The Morgan fingerprint density at radius 1 is 1.03 bits per heavy atom. The lowest BCUT2D eigenvalue weighted by Gasteiger charge is -2.22. The van der Waals surface area contributed by atoms with Crippen molar-refractivity contribution in [3.63, 3.8) is 0 Å². The van der Waals surface area contributed by atoms with Crippen molar-refractivity contribution >= 4 is 24.0 Å². The second-order valence-electron chi connectivity index (χ2n) is 9.34. The molecule has 2 N–H and O–H groups in total. The molecular weight excluding hydrogens is 374 g/mol. The van der Waals surface area contributed by atoms with Crippen LogP contribution in [-0.4, -0.2) is 26.5 Å². The zero-order valence-electron chi connectivity index (χ0n) is 18.1. The summed E-state index contributed by atoms with van der Waals surface area (Å²) in [5, 5.41) is 15.8. The van der Waals surface area contributed by atoms with E-state index in [4.69, 9.17) is 0 Å². The minimum atomic E-state index is -0.272. The first-order chi connectivity index (χ1) is 14.2. The average Bonchev–Trinajstić information content (AvgIpc) is 3.24. The van der Waals surface area contributed by atoms with E-state index in [0.29, 0.717) is 5.56 Å². The second-order valence-corrected chi connectivity index (χ2v) is 9.34. The Morgan fingerprint density at radius 2 is 1.70 bits per heavy atom. The van der Waals surface area contributed by atoms with E-state index < -0.39 is 0 Å². The van der Waals surface area contributed by atoms with Crippen molar-refractivity contribution in [2.24, 2.45) is 0 Å². The number of H-pyrrole nitrogens is 1. The first-order valence-corrected chi connectivity index (χ1v) is 10.1. The fourth-order valence-corrected chi connectivity index (χ4v) is 4.64. The van der Waals surface area contributed by atoms with Crippen LogP contribution in [0.2, 0.25) is 0 Å². The Bertz CT molecular complexity index is 1110. The molecule has 0 atom stereocenters. The van der Waals surface area contributed by atoms with Gasteiger partial charge in [-0.3, -0.25) is 10.1 Å². The summed E-state index contributed by atoms with van der Waals surface area (Å²) in [4.78, 5) is 12.2. The molecule has 0 saturated heterocycles. The van der Waals surface area contributed by atoms with Gasteiger partial charge in [-0.25, -0.2) is 0 Å². The summed E-state index contributed by atoms with van der Waals surface area (Å²) in [7, 11) is 0. The van der Waals surface area contributed by atoms with Crippen molar-refractivity contribution in [2.45, 2.75) is 51.9 Å². The highest BCUT2D eigenvalue weighted by Crippen LogP contribution is 2.50. The van der Waals surface area contributed by atoms with Gasteiger partial charge in [0.05, 0.1) is 0 Å². The largest absolute Gasteiger partial charge is 0.288 e. The Balaban J connectivity index is 1.54. The molecule has 6 heteroatoms. The van der Waals surface area contributed by atoms with Gasteiger partial charge in [0, 0.05) is 5.56 Å². The summed E-state index contributed by atoms with van der Waals surface area (Å²) in [6, 6.07) is 12.1. The highest BCUT2D eigenvalue weighted by Gasteiger charge is 2.41. The van der Waals surface area contributed by atoms with Crippen LogP contribution >= 0.6 is 0 Å². The van der Waals surface area contributed by atoms with Gasteiger partial charge in [-0.1, -0.05) is 69.2 Å². The van der Waals surface area contributed by atoms with E-state index in [-0.39, 0.29) is 22.7 Å². The third-order valence-electron chi connectivity index (χ3n) is 5.95. The first kappa shape index (κ1) is 20.0. The van der Waals surface area contributed by atoms with E-state index in [0.717, 1.165) is 12.0 Å². The monoisotopic (exact) mass is 401 g/mol. The molecule has 0 fully saturated rings. The van der Waals surface area contributed by atoms with Gasteiger partial charge in [-0.15, -0.1) is 5.10 Å². The number of hydrogen-bond donors (Lipinski definition) is 2. The number of hydrogen-bond acceptors (Lipinski definition) is 4. The highest BCUT2D eigenvalue weighted by molar-refractivity contribution is 6.03. The zero-order valence-corrected chi connectivity index (χ0v) is 18.1. The Hall–Kier alpha value is -3.28. The number of amides is 1. The molecule has 0 aliphatic heterocycles. The molecule has 30 heavy (non-hydrogen) atoms. The number of carbonyl (C=O) groups excluding carboxylic acids is 1. The van der Waals surface area contributed by atoms with Gasteiger partial charge >= 0.3 is 0 Å². The summed E-state index contributed by atoms with van der Waals surface area (Å²) < 4.78 is 0. The maximum absolute atomic E-state index is 12.2. The molecule has 0 radical (unpaired) electrons. The van der Waals surface area contributed by atoms with E-state index in [1.807, 2.05) is 12.1 Å². The fraction of sp³-hybridized carbons (Fsp3) is 0.333. The minimum Gasteiger partial charge on any atom is -0.288 e. The van der Waals surface area contributed by atoms with E-state index in [1.54, 1.807) is 12.1 Å². The van der Waals surface area contributed by atoms with Crippen molar-refractivity contribution in [3.8, 4) is 0 Å². The maximum Gasteiger partial charge on any atom is 0.270 e. The molecule has 2 aromatic carbocycles. The maximum atomic E-state index is 12.2. The molecule has 1 heterocycles. The number of carbonyl (C=O) groups is 1. The molecule has 4 rings (SSSR count). The molecule has 1 aliphatic rings. The van der Waals surface area contributed by atoms with Crippen LogP contribution in [0.25, 0.3) is 12.2 Å². The summed E-state index contributed by atoms with van der Waals surface area (Å²) in [6.45, 7) is 11.5. The van der Waals surface area contributed by atoms with Gasteiger partial charge in [0.25, 0.3) is 11.9 Å². The number of anilines is 1. The highest BCUT2D eigenvalue weighted by atomic mass is 16.1. The van der Waals surface area contributed by atoms with Crippen molar-refractivity contribution in [1.29, 1.82) is 0 Å². The third kappa shape index (κ3) is 3.77. The lowest BCUT2D eigenvalue weighted by atomic mass is 9.82. The molecular formula is C24H27N5O. The lowest BCUT2D eigenvalue weighted by Crippen LogP contribution is -2.17. The Labute approximate surface area is 176 Å². The number of benzene rings is 2. The average molecular weight is 402 g/mol. The van der Waals surface area contributed by atoms with Crippen LogP contribution in [0.3, 0.4) is 0 Å². The summed E-state index contributed by atoms with van der Waals surface area (Å²) in [5.74, 6) is -0.117. The molecule has 0 saturated carbocycles. The van der Waals surface area contributed by atoms with E-state index >= 15 is 0 Å². The lowest BCUT2D eigenvalue weighted by molar-refractivity contribution is 0.102. The fourth-order valence-electron chi connectivity index (χ4n) is 4.64.